The molecule has 1 amide bonds. The molecule has 5 heteroatoms. The molecule has 0 radical (unpaired) electrons. The molecule has 76 valence electrons. The van der Waals surface area contributed by atoms with E-state index >= 15 is 0 Å². The van der Waals surface area contributed by atoms with Gasteiger partial charge in [0.25, 0.3) is 0 Å². The summed E-state index contributed by atoms with van der Waals surface area (Å²) in [7, 11) is 0. The number of hydrazone groups is 1. The van der Waals surface area contributed by atoms with Crippen LogP contribution in [0, 0.1) is 0 Å². The Labute approximate surface area is 78.3 Å². The minimum atomic E-state index is -0.555. The maximum absolute atomic E-state index is 10.9. The predicted molar refractivity (Wildman–Crippen MR) is 51.5 cm³/mol. The molecule has 0 aromatic heterocycles. The highest BCUT2D eigenvalue weighted by Crippen LogP contribution is 2.05. The normalized spacial score (nSPS) is 11.7. The van der Waals surface area contributed by atoms with Crippen molar-refractivity contribution in [2.24, 2.45) is 10.8 Å². The van der Waals surface area contributed by atoms with E-state index in [1.54, 1.807) is 20.8 Å². The van der Waals surface area contributed by atoms with Gasteiger partial charge in [-0.15, -0.1) is 0 Å². The molecule has 0 saturated carbocycles. The van der Waals surface area contributed by atoms with E-state index in [2.05, 4.69) is 10.5 Å². The lowest BCUT2D eigenvalue weighted by atomic mass is 10.2. The molecule has 0 unspecified atom stereocenters. The van der Waals surface area contributed by atoms with E-state index in [9.17, 15) is 4.79 Å². The highest BCUT2D eigenvalue weighted by molar-refractivity contribution is 5.69. The third kappa shape index (κ3) is 8.81. The average Bonchev–Trinajstić information content (AvgIpc) is 1.94. The monoisotopic (exact) mass is 187 g/mol. The van der Waals surface area contributed by atoms with E-state index in [-0.39, 0.29) is 0 Å². The van der Waals surface area contributed by atoms with Gasteiger partial charge in [0.1, 0.15) is 5.60 Å². The Morgan fingerprint density at radius 3 is 2.69 bits per heavy atom. The zero-order valence-electron chi connectivity index (χ0n) is 8.33. The highest BCUT2D eigenvalue weighted by Gasteiger charge is 2.14. The lowest BCUT2D eigenvalue weighted by Crippen LogP contribution is -2.29. The van der Waals surface area contributed by atoms with Gasteiger partial charge in [0, 0.05) is 6.21 Å². The molecule has 0 spiro atoms. The second kappa shape index (κ2) is 5.53. The van der Waals surface area contributed by atoms with Gasteiger partial charge in [-0.05, 0) is 33.7 Å². The number of rotatable bonds is 3. The van der Waals surface area contributed by atoms with Crippen LogP contribution in [0.15, 0.2) is 5.10 Å². The summed E-state index contributed by atoms with van der Waals surface area (Å²) in [4.78, 5) is 10.9. The number of nitrogens with zero attached hydrogens (tertiary/aromatic N) is 1. The van der Waals surface area contributed by atoms with Crippen molar-refractivity contribution in [1.82, 2.24) is 5.43 Å². The number of ether oxygens (including phenoxy) is 1. The summed E-state index contributed by atoms with van der Waals surface area (Å²) in [5.41, 5.74) is 6.95. The third-order valence-corrected chi connectivity index (χ3v) is 0.942. The zero-order valence-corrected chi connectivity index (χ0v) is 8.33. The number of hydrogen-bond donors (Lipinski definition) is 2. The first-order chi connectivity index (χ1) is 5.95. The van der Waals surface area contributed by atoms with Crippen molar-refractivity contribution >= 4 is 12.3 Å². The van der Waals surface area contributed by atoms with Crippen molar-refractivity contribution in [1.29, 1.82) is 0 Å². The zero-order chi connectivity index (χ0) is 10.3. The number of hydrogen-bond acceptors (Lipinski definition) is 4. The van der Waals surface area contributed by atoms with Crippen LogP contribution >= 0.6 is 0 Å². The lowest BCUT2D eigenvalue weighted by molar-refractivity contribution is 0.0529. The Kier molecular flexibility index (Phi) is 5.06. The number of nitrogens with one attached hydrogen (secondary N) is 1. The number of carbonyl (C=O) groups is 1. The molecule has 0 atom stereocenters. The van der Waals surface area contributed by atoms with Gasteiger partial charge in [0.05, 0.1) is 0 Å². The third-order valence-electron chi connectivity index (χ3n) is 0.942. The molecule has 0 aromatic carbocycles. The van der Waals surface area contributed by atoms with Gasteiger partial charge in [-0.25, -0.2) is 10.2 Å². The summed E-state index contributed by atoms with van der Waals surface area (Å²) in [6.07, 6.45) is 1.61. The maximum Gasteiger partial charge on any atom is 0.428 e. The molecule has 0 saturated heterocycles. The Bertz CT molecular complexity index is 184. The van der Waals surface area contributed by atoms with Crippen LogP contribution in [0.5, 0.6) is 0 Å². The summed E-state index contributed by atoms with van der Waals surface area (Å²) < 4.78 is 4.92. The Morgan fingerprint density at radius 2 is 2.23 bits per heavy atom. The molecule has 0 aliphatic carbocycles. The van der Waals surface area contributed by atoms with Crippen molar-refractivity contribution in [3.05, 3.63) is 0 Å². The largest absolute Gasteiger partial charge is 0.443 e. The van der Waals surface area contributed by atoms with E-state index in [0.717, 1.165) is 0 Å². The topological polar surface area (TPSA) is 76.7 Å². The van der Waals surface area contributed by atoms with Crippen LogP contribution in [0.1, 0.15) is 27.2 Å². The molecule has 0 rings (SSSR count). The minimum absolute atomic E-state index is 0.493. The molecule has 5 nitrogen and oxygen atoms in total. The SMILES string of the molecule is CC(C)(C)OC(=O)NN=CCCN. The molecular formula is C8H17N3O2. The van der Waals surface area contributed by atoms with Gasteiger partial charge < -0.3 is 10.5 Å². The number of nitrogens with two attached hydrogens (primary N) is 1. The Hall–Kier alpha value is -1.10. The lowest BCUT2D eigenvalue weighted by Gasteiger charge is -2.18. The Balaban J connectivity index is 3.64. The Morgan fingerprint density at radius 1 is 1.62 bits per heavy atom. The number of carbonyl (C=O) groups excluding carboxylic acids is 1. The first kappa shape index (κ1) is 11.9. The van der Waals surface area contributed by atoms with Crippen LogP contribution < -0.4 is 11.2 Å². The number of amides is 1. The van der Waals surface area contributed by atoms with E-state index in [4.69, 9.17) is 10.5 Å². The van der Waals surface area contributed by atoms with Crippen LogP contribution in [0.4, 0.5) is 4.79 Å². The van der Waals surface area contributed by atoms with Crippen LogP contribution in [-0.4, -0.2) is 24.5 Å². The van der Waals surface area contributed by atoms with Gasteiger partial charge in [0.2, 0.25) is 0 Å². The summed E-state index contributed by atoms with van der Waals surface area (Å²) >= 11 is 0. The van der Waals surface area contributed by atoms with Gasteiger partial charge in [-0.3, -0.25) is 0 Å². The van der Waals surface area contributed by atoms with E-state index in [1.807, 2.05) is 0 Å². The quantitative estimate of drug-likeness (QED) is 0.508. The fourth-order valence-electron chi connectivity index (χ4n) is 0.538. The predicted octanol–water partition coefficient (Wildman–Crippen LogP) is 0.846. The molecule has 0 fully saturated rings. The van der Waals surface area contributed by atoms with Gasteiger partial charge in [-0.2, -0.15) is 5.10 Å². The van der Waals surface area contributed by atoms with Crippen molar-refractivity contribution < 1.29 is 9.53 Å². The smallest absolute Gasteiger partial charge is 0.428 e. The molecule has 0 aliphatic heterocycles. The summed E-state index contributed by atoms with van der Waals surface area (Å²) in [6, 6.07) is 0. The second-order valence-electron chi connectivity index (χ2n) is 3.50. The highest BCUT2D eigenvalue weighted by atomic mass is 16.6. The fourth-order valence-corrected chi connectivity index (χ4v) is 0.538. The average molecular weight is 187 g/mol. The van der Waals surface area contributed by atoms with Crippen molar-refractivity contribution in [2.75, 3.05) is 6.54 Å². The maximum atomic E-state index is 10.9. The van der Waals surface area contributed by atoms with E-state index in [1.165, 1.54) is 6.21 Å². The molecular weight excluding hydrogens is 170 g/mol. The fraction of sp³-hybridized carbons (Fsp3) is 0.750. The van der Waals surface area contributed by atoms with Gasteiger partial charge in [-0.1, -0.05) is 0 Å². The van der Waals surface area contributed by atoms with Crippen LogP contribution in [0.25, 0.3) is 0 Å². The summed E-state index contributed by atoms with van der Waals surface area (Å²) in [5, 5.41) is 3.62. The van der Waals surface area contributed by atoms with Crippen molar-refractivity contribution in [3.8, 4) is 0 Å². The molecule has 0 heterocycles. The molecule has 13 heavy (non-hydrogen) atoms. The molecule has 0 bridgehead atoms. The van der Waals surface area contributed by atoms with Crippen LogP contribution in [0.3, 0.4) is 0 Å². The van der Waals surface area contributed by atoms with Crippen molar-refractivity contribution in [3.63, 3.8) is 0 Å². The first-order valence-electron chi connectivity index (χ1n) is 4.16. The minimum Gasteiger partial charge on any atom is -0.443 e. The van der Waals surface area contributed by atoms with Crippen LogP contribution in [-0.2, 0) is 4.74 Å². The summed E-state index contributed by atoms with van der Waals surface area (Å²) in [5.74, 6) is 0. The molecule has 0 aliphatic rings. The molecule has 0 aromatic rings. The van der Waals surface area contributed by atoms with Crippen LogP contribution in [0.2, 0.25) is 0 Å². The first-order valence-corrected chi connectivity index (χ1v) is 4.16. The van der Waals surface area contributed by atoms with Gasteiger partial charge in [0.15, 0.2) is 0 Å². The summed E-state index contributed by atoms with van der Waals surface area (Å²) in [6.45, 7) is 5.88. The van der Waals surface area contributed by atoms with Crippen molar-refractivity contribution in [2.45, 2.75) is 32.8 Å². The van der Waals surface area contributed by atoms with E-state index in [0.29, 0.717) is 13.0 Å². The van der Waals surface area contributed by atoms with E-state index < -0.39 is 11.7 Å². The molecule has 3 N–H and O–H groups in total. The van der Waals surface area contributed by atoms with Gasteiger partial charge >= 0.3 is 6.09 Å². The standard InChI is InChI=1S/C8H17N3O2/c1-8(2,3)13-7(12)11-10-6-4-5-9/h6H,4-5,9H2,1-3H3,(H,11,12). The second-order valence-corrected chi connectivity index (χ2v) is 3.50.